The summed E-state index contributed by atoms with van der Waals surface area (Å²) in [6.45, 7) is 6.27. The molecule has 0 radical (unpaired) electrons. The molecule has 0 fully saturated rings. The van der Waals surface area contributed by atoms with Crippen LogP contribution < -0.4 is 5.73 Å². The van der Waals surface area contributed by atoms with Gasteiger partial charge in [-0.05, 0) is 43.3 Å². The van der Waals surface area contributed by atoms with E-state index in [1.807, 2.05) is 17.5 Å². The van der Waals surface area contributed by atoms with E-state index in [0.717, 1.165) is 21.8 Å². The third-order valence-corrected chi connectivity index (χ3v) is 4.28. The molecule has 0 spiro atoms. The van der Waals surface area contributed by atoms with Crippen molar-refractivity contribution in [3.05, 3.63) is 46.3 Å². The van der Waals surface area contributed by atoms with E-state index < -0.39 is 0 Å². The minimum Gasteiger partial charge on any atom is -0.380 e. The van der Waals surface area contributed by atoms with Crippen LogP contribution in [-0.2, 0) is 0 Å². The molecule has 4 heteroatoms. The maximum atomic E-state index is 6.00. The van der Waals surface area contributed by atoms with E-state index >= 15 is 0 Å². The van der Waals surface area contributed by atoms with Gasteiger partial charge in [-0.1, -0.05) is 28.9 Å². The Morgan fingerprint density at radius 2 is 1.80 bits per heavy atom. The number of benzene rings is 1. The number of aromatic nitrogens is 1. The lowest BCUT2D eigenvalue weighted by atomic mass is 9.95. The average molecular weight is 284 g/mol. The molecule has 1 aromatic carbocycles. The first-order valence-corrected chi connectivity index (χ1v) is 7.33. The van der Waals surface area contributed by atoms with Gasteiger partial charge in [-0.2, -0.15) is 0 Å². The number of thiophene rings is 1. The number of nitrogen functional groups attached to an aromatic ring is 1. The van der Waals surface area contributed by atoms with Crippen LogP contribution in [-0.4, -0.2) is 5.16 Å². The molecule has 102 valence electrons. The van der Waals surface area contributed by atoms with E-state index in [2.05, 4.69) is 38.1 Å². The minimum atomic E-state index is 0.446. The van der Waals surface area contributed by atoms with E-state index in [4.69, 9.17) is 10.3 Å². The maximum Gasteiger partial charge on any atom is 0.178 e. The number of nitrogens with two attached hydrogens (primary N) is 1. The minimum absolute atomic E-state index is 0.446. The van der Waals surface area contributed by atoms with Gasteiger partial charge in [0.05, 0.1) is 5.56 Å². The van der Waals surface area contributed by atoms with Crippen molar-refractivity contribution in [1.82, 2.24) is 5.16 Å². The molecule has 0 aliphatic heterocycles. The molecule has 0 saturated heterocycles. The van der Waals surface area contributed by atoms with Crippen molar-refractivity contribution in [3.63, 3.8) is 0 Å². The van der Waals surface area contributed by atoms with Crippen molar-refractivity contribution in [2.75, 3.05) is 5.73 Å². The second-order valence-electron chi connectivity index (χ2n) is 5.02. The van der Waals surface area contributed by atoms with Gasteiger partial charge in [-0.3, -0.25) is 0 Å². The van der Waals surface area contributed by atoms with E-state index in [1.165, 1.54) is 16.7 Å². The van der Waals surface area contributed by atoms with Gasteiger partial charge < -0.3 is 10.3 Å². The molecule has 3 nitrogen and oxygen atoms in total. The molecule has 3 rings (SSSR count). The van der Waals surface area contributed by atoms with Crippen molar-refractivity contribution >= 4 is 17.2 Å². The summed E-state index contributed by atoms with van der Waals surface area (Å²) in [5.74, 6) is 1.21. The van der Waals surface area contributed by atoms with Crippen LogP contribution >= 0.6 is 11.3 Å². The summed E-state index contributed by atoms with van der Waals surface area (Å²) in [6, 6.07) is 8.35. The fourth-order valence-electron chi connectivity index (χ4n) is 2.67. The van der Waals surface area contributed by atoms with Crippen LogP contribution in [0.15, 0.2) is 34.2 Å². The third kappa shape index (κ3) is 2.02. The Hall–Kier alpha value is -2.07. The van der Waals surface area contributed by atoms with Crippen LogP contribution in [0, 0.1) is 20.8 Å². The van der Waals surface area contributed by atoms with Gasteiger partial charge in [0.15, 0.2) is 11.6 Å². The van der Waals surface area contributed by atoms with Crippen molar-refractivity contribution in [2.24, 2.45) is 0 Å². The van der Waals surface area contributed by atoms with Gasteiger partial charge in [-0.25, -0.2) is 0 Å². The predicted octanol–water partition coefficient (Wildman–Crippen LogP) is 4.58. The fourth-order valence-corrected chi connectivity index (χ4v) is 3.45. The monoisotopic (exact) mass is 284 g/mol. The normalized spacial score (nSPS) is 10.9. The molecule has 2 aromatic heterocycles. The lowest BCUT2D eigenvalue weighted by Gasteiger charge is -2.09. The van der Waals surface area contributed by atoms with Crippen molar-refractivity contribution in [3.8, 4) is 21.8 Å². The van der Waals surface area contributed by atoms with E-state index in [9.17, 15) is 0 Å². The van der Waals surface area contributed by atoms with Gasteiger partial charge in [0, 0.05) is 10.4 Å². The lowest BCUT2D eigenvalue weighted by molar-refractivity contribution is 0.435. The van der Waals surface area contributed by atoms with Crippen LogP contribution in [0.4, 0.5) is 5.82 Å². The van der Waals surface area contributed by atoms with Crippen molar-refractivity contribution in [2.45, 2.75) is 20.8 Å². The van der Waals surface area contributed by atoms with Gasteiger partial charge in [-0.15, -0.1) is 11.3 Å². The molecule has 20 heavy (non-hydrogen) atoms. The van der Waals surface area contributed by atoms with Crippen molar-refractivity contribution < 1.29 is 4.52 Å². The van der Waals surface area contributed by atoms with Gasteiger partial charge in [0.1, 0.15) is 0 Å². The summed E-state index contributed by atoms with van der Waals surface area (Å²) in [4.78, 5) is 1.08. The van der Waals surface area contributed by atoms with Crippen LogP contribution in [0.1, 0.15) is 16.7 Å². The first kappa shape index (κ1) is 12.9. The van der Waals surface area contributed by atoms with Crippen molar-refractivity contribution in [1.29, 1.82) is 0 Å². The first-order valence-electron chi connectivity index (χ1n) is 6.45. The Morgan fingerprint density at radius 1 is 1.10 bits per heavy atom. The Kier molecular flexibility index (Phi) is 3.10. The smallest absolute Gasteiger partial charge is 0.178 e. The van der Waals surface area contributed by atoms with Crippen LogP contribution in [0.5, 0.6) is 0 Å². The second-order valence-corrected chi connectivity index (χ2v) is 5.97. The molecule has 0 bridgehead atoms. The maximum absolute atomic E-state index is 6.00. The topological polar surface area (TPSA) is 52.0 Å². The van der Waals surface area contributed by atoms with E-state index in [1.54, 1.807) is 11.3 Å². The SMILES string of the molecule is Cc1cc(C)c(-c2onc(N)c2-c2cccs2)c(C)c1. The summed E-state index contributed by atoms with van der Waals surface area (Å²) in [5, 5.41) is 5.99. The number of hydrogen-bond donors (Lipinski definition) is 1. The standard InChI is InChI=1S/C16H16N2OS/c1-9-7-10(2)13(11(3)8-9)15-14(16(17)18-19-15)12-5-4-6-20-12/h4-8H,1-3H3,(H2,17,18). The molecule has 0 saturated carbocycles. The highest BCUT2D eigenvalue weighted by atomic mass is 32.1. The van der Waals surface area contributed by atoms with E-state index in [0.29, 0.717) is 5.82 Å². The second kappa shape index (κ2) is 4.80. The van der Waals surface area contributed by atoms with Gasteiger partial charge in [0.2, 0.25) is 0 Å². The quantitative estimate of drug-likeness (QED) is 0.749. The highest BCUT2D eigenvalue weighted by Crippen LogP contribution is 2.41. The molecule has 0 atom stereocenters. The zero-order chi connectivity index (χ0) is 14.3. The van der Waals surface area contributed by atoms with Crippen LogP contribution in [0.25, 0.3) is 21.8 Å². The molecule has 0 amide bonds. The molecular formula is C16H16N2OS. The zero-order valence-corrected chi connectivity index (χ0v) is 12.5. The number of aryl methyl sites for hydroxylation is 3. The first-order chi connectivity index (χ1) is 9.58. The Morgan fingerprint density at radius 3 is 2.40 bits per heavy atom. The fraction of sp³-hybridized carbons (Fsp3) is 0.188. The number of rotatable bonds is 2. The predicted molar refractivity (Wildman–Crippen MR) is 83.9 cm³/mol. The Balaban J connectivity index is 2.27. The van der Waals surface area contributed by atoms with Gasteiger partial charge >= 0.3 is 0 Å². The summed E-state index contributed by atoms with van der Waals surface area (Å²) in [7, 11) is 0. The Bertz CT molecular complexity index is 734. The highest BCUT2D eigenvalue weighted by Gasteiger charge is 2.21. The number of hydrogen-bond acceptors (Lipinski definition) is 4. The van der Waals surface area contributed by atoms with Crippen LogP contribution in [0.3, 0.4) is 0 Å². The molecule has 0 unspecified atom stereocenters. The molecule has 0 aliphatic carbocycles. The summed E-state index contributed by atoms with van der Waals surface area (Å²) in [6.07, 6.45) is 0. The highest BCUT2D eigenvalue weighted by molar-refractivity contribution is 7.13. The van der Waals surface area contributed by atoms with E-state index in [-0.39, 0.29) is 0 Å². The van der Waals surface area contributed by atoms with Crippen LogP contribution in [0.2, 0.25) is 0 Å². The summed E-state index contributed by atoms with van der Waals surface area (Å²) >= 11 is 1.64. The largest absolute Gasteiger partial charge is 0.380 e. The number of anilines is 1. The third-order valence-electron chi connectivity index (χ3n) is 3.39. The average Bonchev–Trinajstić information content (AvgIpc) is 2.97. The Labute approximate surface area is 122 Å². The molecule has 2 heterocycles. The number of nitrogens with zero attached hydrogens (tertiary/aromatic N) is 1. The zero-order valence-electron chi connectivity index (χ0n) is 11.7. The molecule has 3 aromatic rings. The molecular weight excluding hydrogens is 268 g/mol. The summed E-state index contributed by atoms with van der Waals surface area (Å²) in [5.41, 5.74) is 11.6. The summed E-state index contributed by atoms with van der Waals surface area (Å²) < 4.78 is 5.54. The van der Waals surface area contributed by atoms with Gasteiger partial charge in [0.25, 0.3) is 0 Å². The molecule has 0 aliphatic rings. The molecule has 2 N–H and O–H groups in total. The lowest BCUT2D eigenvalue weighted by Crippen LogP contribution is -1.91.